The Morgan fingerprint density at radius 2 is 2.05 bits per heavy atom. The fraction of sp³-hybridized carbons (Fsp3) is 0.417. The Morgan fingerprint density at radius 1 is 1.48 bits per heavy atom. The van der Waals surface area contributed by atoms with Crippen molar-refractivity contribution < 1.29 is 17.4 Å². The first-order valence-corrected chi connectivity index (χ1v) is 10.7. The van der Waals surface area contributed by atoms with Crippen LogP contribution >= 0.6 is 26.6 Å². The van der Waals surface area contributed by atoms with Crippen LogP contribution in [0.5, 0.6) is 0 Å². The van der Waals surface area contributed by atoms with Gasteiger partial charge in [0, 0.05) is 49.6 Å². The lowest BCUT2D eigenvalue weighted by Gasteiger charge is -2.15. The van der Waals surface area contributed by atoms with Crippen molar-refractivity contribution in [3.8, 4) is 0 Å². The lowest BCUT2D eigenvalue weighted by Crippen LogP contribution is -2.36. The Morgan fingerprint density at radius 3 is 2.52 bits per heavy atom. The molecule has 0 bridgehead atoms. The third kappa shape index (κ3) is 5.36. The first-order chi connectivity index (χ1) is 9.52. The average molecular weight is 417 g/mol. The van der Waals surface area contributed by atoms with Crippen molar-refractivity contribution >= 4 is 52.4 Å². The van der Waals surface area contributed by atoms with Crippen molar-refractivity contribution in [2.24, 2.45) is 0 Å². The number of halogens is 2. The molecule has 0 fully saturated rings. The predicted octanol–water partition coefficient (Wildman–Crippen LogP) is 2.18. The van der Waals surface area contributed by atoms with Crippen LogP contribution in [0.1, 0.15) is 22.8 Å². The molecular weight excluding hydrogens is 402 g/mol. The van der Waals surface area contributed by atoms with Crippen molar-refractivity contribution in [3.63, 3.8) is 0 Å². The molecule has 0 saturated heterocycles. The van der Waals surface area contributed by atoms with Gasteiger partial charge in [-0.2, -0.15) is 0 Å². The van der Waals surface area contributed by atoms with E-state index in [2.05, 4.69) is 21.2 Å². The second-order valence-electron chi connectivity index (χ2n) is 4.63. The van der Waals surface area contributed by atoms with Crippen LogP contribution in [-0.4, -0.2) is 36.6 Å². The van der Waals surface area contributed by atoms with E-state index in [0.29, 0.717) is 15.8 Å². The number of rotatable bonds is 5. The lowest BCUT2D eigenvalue weighted by atomic mass is 10.1. The topological polar surface area (TPSA) is 80.3 Å². The smallest absolute Gasteiger partial charge is 0.261 e. The molecule has 0 heterocycles. The van der Waals surface area contributed by atoms with Crippen LogP contribution < -0.4 is 5.32 Å². The van der Waals surface area contributed by atoms with Gasteiger partial charge in [0.1, 0.15) is 0 Å². The quantitative estimate of drug-likeness (QED) is 0.746. The maximum atomic E-state index is 12.2. The SMILES string of the molecule is Cc1c(Br)cc(S(=O)(=O)Cl)cc1C(=O)NC(C)CS(C)=O. The molecule has 2 atom stereocenters. The number of nitrogens with one attached hydrogen (secondary N) is 1. The normalized spacial score (nSPS) is 14.5. The zero-order chi connectivity index (χ0) is 16.4. The van der Waals surface area contributed by atoms with Crippen LogP contribution in [0.15, 0.2) is 21.5 Å². The molecule has 21 heavy (non-hydrogen) atoms. The number of carbonyl (C=O) groups excluding carboxylic acids is 1. The van der Waals surface area contributed by atoms with Gasteiger partial charge in [0.05, 0.1) is 4.90 Å². The van der Waals surface area contributed by atoms with Gasteiger partial charge in [-0.05, 0) is 31.5 Å². The summed E-state index contributed by atoms with van der Waals surface area (Å²) in [6.07, 6.45) is 1.55. The van der Waals surface area contributed by atoms with E-state index < -0.39 is 25.8 Å². The summed E-state index contributed by atoms with van der Waals surface area (Å²) in [5.41, 5.74) is 0.804. The van der Waals surface area contributed by atoms with Gasteiger partial charge in [0.15, 0.2) is 0 Å². The molecular formula is C12H15BrClNO4S2. The van der Waals surface area contributed by atoms with Gasteiger partial charge < -0.3 is 5.32 Å². The molecule has 0 aromatic heterocycles. The minimum atomic E-state index is -3.93. The van der Waals surface area contributed by atoms with Crippen LogP contribution in [0.25, 0.3) is 0 Å². The van der Waals surface area contributed by atoms with Gasteiger partial charge in [-0.3, -0.25) is 9.00 Å². The summed E-state index contributed by atoms with van der Waals surface area (Å²) in [6.45, 7) is 3.41. The summed E-state index contributed by atoms with van der Waals surface area (Å²) in [5, 5.41) is 2.68. The van der Waals surface area contributed by atoms with Crippen molar-refractivity contribution in [1.82, 2.24) is 5.32 Å². The van der Waals surface area contributed by atoms with Crippen LogP contribution in [0, 0.1) is 6.92 Å². The molecule has 0 spiro atoms. The molecule has 0 aliphatic heterocycles. The summed E-state index contributed by atoms with van der Waals surface area (Å²) in [5.74, 6) is -0.118. The molecule has 1 aromatic rings. The lowest BCUT2D eigenvalue weighted by molar-refractivity contribution is 0.0943. The maximum absolute atomic E-state index is 12.2. The first-order valence-electron chi connectivity index (χ1n) is 5.88. The Labute approximate surface area is 139 Å². The van der Waals surface area contributed by atoms with E-state index >= 15 is 0 Å². The van der Waals surface area contributed by atoms with Crippen molar-refractivity contribution in [2.75, 3.05) is 12.0 Å². The van der Waals surface area contributed by atoms with E-state index in [9.17, 15) is 17.4 Å². The largest absolute Gasteiger partial charge is 0.349 e. The van der Waals surface area contributed by atoms with Gasteiger partial charge in [-0.15, -0.1) is 0 Å². The van der Waals surface area contributed by atoms with Crippen molar-refractivity contribution in [3.05, 3.63) is 27.7 Å². The van der Waals surface area contributed by atoms with Crippen LogP contribution in [0.3, 0.4) is 0 Å². The summed E-state index contributed by atoms with van der Waals surface area (Å²) in [4.78, 5) is 12.1. The molecule has 1 aromatic carbocycles. The number of hydrogen-bond donors (Lipinski definition) is 1. The van der Waals surface area contributed by atoms with Gasteiger partial charge in [0.2, 0.25) is 0 Å². The molecule has 118 valence electrons. The number of benzene rings is 1. The predicted molar refractivity (Wildman–Crippen MR) is 87.8 cm³/mol. The molecule has 2 unspecified atom stereocenters. The Hall–Kier alpha value is -0.440. The van der Waals surface area contributed by atoms with E-state index in [0.717, 1.165) is 0 Å². The number of hydrogen-bond acceptors (Lipinski definition) is 4. The van der Waals surface area contributed by atoms with Crippen LogP contribution in [-0.2, 0) is 19.9 Å². The second kappa shape index (κ2) is 7.21. The molecule has 1 N–H and O–H groups in total. The van der Waals surface area contributed by atoms with E-state index in [1.165, 1.54) is 12.1 Å². The fourth-order valence-corrected chi connectivity index (χ4v) is 3.91. The highest BCUT2D eigenvalue weighted by atomic mass is 79.9. The van der Waals surface area contributed by atoms with E-state index in [1.807, 2.05) is 0 Å². The standard InChI is InChI=1S/C12H15BrClNO4S2/c1-7(6-20(3)17)15-12(16)10-4-9(21(14,18)19)5-11(13)8(10)2/h4-5,7H,6H2,1-3H3,(H,15,16). The first kappa shape index (κ1) is 18.6. The average Bonchev–Trinajstić information content (AvgIpc) is 2.29. The fourth-order valence-electron chi connectivity index (χ4n) is 1.73. The second-order valence-corrected chi connectivity index (χ2v) is 9.53. The van der Waals surface area contributed by atoms with Crippen LogP contribution in [0.4, 0.5) is 0 Å². The molecule has 0 aliphatic carbocycles. The molecule has 1 rings (SSSR count). The molecule has 9 heteroatoms. The summed E-state index contributed by atoms with van der Waals surface area (Å²) < 4.78 is 34.4. The summed E-state index contributed by atoms with van der Waals surface area (Å²) in [7, 11) is 0.344. The third-order valence-electron chi connectivity index (χ3n) is 2.71. The van der Waals surface area contributed by atoms with E-state index in [4.69, 9.17) is 10.7 Å². The van der Waals surface area contributed by atoms with E-state index in [1.54, 1.807) is 20.1 Å². The minimum absolute atomic E-state index is 0.154. The van der Waals surface area contributed by atoms with Gasteiger partial charge in [-0.1, -0.05) is 15.9 Å². The number of amides is 1. The van der Waals surface area contributed by atoms with Gasteiger partial charge in [-0.25, -0.2) is 8.42 Å². The maximum Gasteiger partial charge on any atom is 0.261 e. The third-order valence-corrected chi connectivity index (χ3v) is 5.83. The Balaban J connectivity index is 3.15. The summed E-state index contributed by atoms with van der Waals surface area (Å²) in [6, 6.07) is 2.28. The molecule has 0 aliphatic rings. The van der Waals surface area contributed by atoms with Crippen molar-refractivity contribution in [2.45, 2.75) is 24.8 Å². The van der Waals surface area contributed by atoms with Gasteiger partial charge >= 0.3 is 0 Å². The zero-order valence-electron chi connectivity index (χ0n) is 11.6. The monoisotopic (exact) mass is 415 g/mol. The van der Waals surface area contributed by atoms with E-state index in [-0.39, 0.29) is 16.5 Å². The molecule has 0 radical (unpaired) electrons. The molecule has 5 nitrogen and oxygen atoms in total. The summed E-state index contributed by atoms with van der Waals surface area (Å²) >= 11 is 3.21. The van der Waals surface area contributed by atoms with Crippen LogP contribution in [0.2, 0.25) is 0 Å². The minimum Gasteiger partial charge on any atom is -0.349 e. The Bertz CT molecular complexity index is 691. The number of carbonyl (C=O) groups is 1. The highest BCUT2D eigenvalue weighted by Gasteiger charge is 2.19. The van der Waals surface area contributed by atoms with Crippen molar-refractivity contribution in [1.29, 1.82) is 0 Å². The molecule has 1 amide bonds. The van der Waals surface area contributed by atoms with Gasteiger partial charge in [0.25, 0.3) is 15.0 Å². The zero-order valence-corrected chi connectivity index (χ0v) is 15.6. The highest BCUT2D eigenvalue weighted by Crippen LogP contribution is 2.26. The molecule has 0 saturated carbocycles. The Kier molecular flexibility index (Phi) is 6.39. The highest BCUT2D eigenvalue weighted by molar-refractivity contribution is 9.10.